The molecule has 1 aliphatic carbocycles. The lowest BCUT2D eigenvalue weighted by molar-refractivity contribution is 0.0815. The van der Waals surface area contributed by atoms with Crippen LogP contribution in [0.3, 0.4) is 0 Å². The molecule has 9 nitrogen and oxygen atoms in total. The van der Waals surface area contributed by atoms with E-state index >= 15 is 0 Å². The highest BCUT2D eigenvalue weighted by Gasteiger charge is 2.26. The molecule has 3 aromatic rings. The molecule has 0 atom stereocenters. The Hall–Kier alpha value is -3.20. The summed E-state index contributed by atoms with van der Waals surface area (Å²) in [6.07, 6.45) is 10.6. The van der Waals surface area contributed by atoms with Gasteiger partial charge in [0.15, 0.2) is 0 Å². The zero-order valence-electron chi connectivity index (χ0n) is 20.0. The van der Waals surface area contributed by atoms with E-state index in [1.807, 2.05) is 18.2 Å². The van der Waals surface area contributed by atoms with Gasteiger partial charge in [0, 0.05) is 44.3 Å². The fraction of sp³-hybridized carbons (Fsp3) is 0.520. The molecule has 34 heavy (non-hydrogen) atoms. The second-order valence-electron chi connectivity index (χ2n) is 9.42. The van der Waals surface area contributed by atoms with E-state index in [2.05, 4.69) is 24.8 Å². The Morgan fingerprint density at radius 1 is 1.12 bits per heavy atom. The average Bonchev–Trinajstić information content (AvgIpc) is 3.60. The molecule has 0 radical (unpaired) electrons. The summed E-state index contributed by atoms with van der Waals surface area (Å²) < 4.78 is 7.92. The van der Waals surface area contributed by atoms with Gasteiger partial charge in [0.1, 0.15) is 17.9 Å². The number of rotatable bonds is 8. The van der Waals surface area contributed by atoms with Gasteiger partial charge in [-0.3, -0.25) is 9.69 Å². The second-order valence-corrected chi connectivity index (χ2v) is 9.42. The SMILES string of the molecule is CN(C)C(=O)c1cc2cnc(Nc3ccc(OCCN4CCCC4)nc3)nc2n1C1CCCC1. The van der Waals surface area contributed by atoms with Crippen molar-refractivity contribution in [3.63, 3.8) is 0 Å². The molecule has 0 bridgehead atoms. The van der Waals surface area contributed by atoms with Crippen molar-refractivity contribution < 1.29 is 9.53 Å². The first kappa shape index (κ1) is 22.6. The molecule has 4 heterocycles. The molecule has 3 aromatic heterocycles. The Kier molecular flexibility index (Phi) is 6.62. The van der Waals surface area contributed by atoms with E-state index in [1.165, 1.54) is 38.8 Å². The van der Waals surface area contributed by atoms with Crippen LogP contribution in [0.5, 0.6) is 5.88 Å². The van der Waals surface area contributed by atoms with Gasteiger partial charge in [-0.15, -0.1) is 0 Å². The highest BCUT2D eigenvalue weighted by atomic mass is 16.5. The Morgan fingerprint density at radius 3 is 2.62 bits per heavy atom. The normalized spacial score (nSPS) is 16.9. The first-order chi connectivity index (χ1) is 16.6. The summed E-state index contributed by atoms with van der Waals surface area (Å²) in [5, 5.41) is 4.12. The molecule has 0 spiro atoms. The number of fused-ring (bicyclic) bond motifs is 1. The van der Waals surface area contributed by atoms with Gasteiger partial charge in [0.05, 0.1) is 11.9 Å². The van der Waals surface area contributed by atoms with Crippen LogP contribution in [-0.2, 0) is 0 Å². The van der Waals surface area contributed by atoms with Crippen molar-refractivity contribution >= 4 is 28.6 Å². The van der Waals surface area contributed by atoms with Gasteiger partial charge in [-0.2, -0.15) is 4.98 Å². The first-order valence-corrected chi connectivity index (χ1v) is 12.3. The number of nitrogens with one attached hydrogen (secondary N) is 1. The lowest BCUT2D eigenvalue weighted by Crippen LogP contribution is -2.25. The van der Waals surface area contributed by atoms with Gasteiger partial charge in [-0.05, 0) is 50.9 Å². The number of carbonyl (C=O) groups is 1. The van der Waals surface area contributed by atoms with Gasteiger partial charge < -0.3 is 19.5 Å². The van der Waals surface area contributed by atoms with Crippen LogP contribution >= 0.6 is 0 Å². The molecular formula is C25H33N7O2. The largest absolute Gasteiger partial charge is 0.476 e. The monoisotopic (exact) mass is 463 g/mol. The summed E-state index contributed by atoms with van der Waals surface area (Å²) in [6.45, 7) is 3.91. The summed E-state index contributed by atoms with van der Waals surface area (Å²) >= 11 is 0. The average molecular weight is 464 g/mol. The van der Waals surface area contributed by atoms with Crippen LogP contribution in [0.2, 0.25) is 0 Å². The van der Waals surface area contributed by atoms with E-state index in [1.54, 1.807) is 31.4 Å². The maximum absolute atomic E-state index is 12.9. The van der Waals surface area contributed by atoms with Gasteiger partial charge >= 0.3 is 0 Å². The van der Waals surface area contributed by atoms with E-state index in [0.29, 0.717) is 24.1 Å². The maximum Gasteiger partial charge on any atom is 0.270 e. The Balaban J connectivity index is 1.31. The number of nitrogens with zero attached hydrogens (tertiary/aromatic N) is 6. The molecule has 1 aliphatic heterocycles. The number of anilines is 2. The molecule has 1 amide bonds. The summed E-state index contributed by atoms with van der Waals surface area (Å²) in [6, 6.07) is 5.98. The van der Waals surface area contributed by atoms with Crippen LogP contribution in [0, 0.1) is 0 Å². The first-order valence-electron chi connectivity index (χ1n) is 12.3. The number of hydrogen-bond acceptors (Lipinski definition) is 7. The minimum atomic E-state index is -0.0103. The number of carbonyl (C=O) groups excluding carboxylic acids is 1. The van der Waals surface area contributed by atoms with Gasteiger partial charge in [-0.1, -0.05) is 12.8 Å². The van der Waals surface area contributed by atoms with E-state index in [9.17, 15) is 4.79 Å². The van der Waals surface area contributed by atoms with Crippen LogP contribution in [0.1, 0.15) is 55.1 Å². The smallest absolute Gasteiger partial charge is 0.270 e. The van der Waals surface area contributed by atoms with Gasteiger partial charge in [-0.25, -0.2) is 9.97 Å². The fourth-order valence-corrected chi connectivity index (χ4v) is 4.95. The van der Waals surface area contributed by atoms with Crippen LogP contribution in [-0.4, -0.2) is 75.6 Å². The third-order valence-corrected chi connectivity index (χ3v) is 6.74. The van der Waals surface area contributed by atoms with E-state index < -0.39 is 0 Å². The van der Waals surface area contributed by atoms with Crippen molar-refractivity contribution in [1.29, 1.82) is 0 Å². The van der Waals surface area contributed by atoms with Crippen molar-refractivity contribution in [3.8, 4) is 5.88 Å². The van der Waals surface area contributed by atoms with E-state index in [0.717, 1.165) is 36.1 Å². The third kappa shape index (κ3) is 4.84. The summed E-state index contributed by atoms with van der Waals surface area (Å²) in [5.41, 5.74) is 2.26. The molecule has 9 heteroatoms. The van der Waals surface area contributed by atoms with Crippen LogP contribution in [0.25, 0.3) is 11.0 Å². The van der Waals surface area contributed by atoms with Crippen LogP contribution in [0.15, 0.2) is 30.6 Å². The molecule has 0 aromatic carbocycles. The van der Waals surface area contributed by atoms with Crippen LogP contribution in [0.4, 0.5) is 11.6 Å². The summed E-state index contributed by atoms with van der Waals surface area (Å²) in [5.74, 6) is 1.09. The minimum Gasteiger partial charge on any atom is -0.476 e. The molecule has 0 unspecified atom stereocenters. The maximum atomic E-state index is 12.9. The van der Waals surface area contributed by atoms with Crippen molar-refractivity contribution in [2.45, 2.75) is 44.6 Å². The minimum absolute atomic E-state index is 0.0103. The molecule has 5 rings (SSSR count). The van der Waals surface area contributed by atoms with Crippen molar-refractivity contribution in [1.82, 2.24) is 29.3 Å². The van der Waals surface area contributed by atoms with Gasteiger partial charge in [0.25, 0.3) is 5.91 Å². The van der Waals surface area contributed by atoms with Gasteiger partial charge in [0.2, 0.25) is 11.8 Å². The molecule has 1 saturated heterocycles. The van der Waals surface area contributed by atoms with Crippen LogP contribution < -0.4 is 10.1 Å². The molecule has 180 valence electrons. The predicted octanol–water partition coefficient (Wildman–Crippen LogP) is 3.86. The Bertz CT molecular complexity index is 1130. The molecule has 2 fully saturated rings. The fourth-order valence-electron chi connectivity index (χ4n) is 4.95. The van der Waals surface area contributed by atoms with Crippen molar-refractivity contribution in [3.05, 3.63) is 36.3 Å². The predicted molar refractivity (Wildman–Crippen MR) is 132 cm³/mol. The number of aromatic nitrogens is 4. The van der Waals surface area contributed by atoms with Crippen molar-refractivity contribution in [2.75, 3.05) is 45.7 Å². The van der Waals surface area contributed by atoms with E-state index in [4.69, 9.17) is 9.72 Å². The number of pyridine rings is 1. The Morgan fingerprint density at radius 2 is 1.91 bits per heavy atom. The number of amides is 1. The molecular weight excluding hydrogens is 430 g/mol. The quantitative estimate of drug-likeness (QED) is 0.543. The summed E-state index contributed by atoms with van der Waals surface area (Å²) in [4.78, 5) is 30.6. The topological polar surface area (TPSA) is 88.4 Å². The third-order valence-electron chi connectivity index (χ3n) is 6.74. The number of hydrogen-bond donors (Lipinski definition) is 1. The molecule has 1 saturated carbocycles. The standard InChI is InChI=1S/C25H33N7O2/c1-30(2)24(33)21-15-18-16-27-25(29-23(18)32(21)20-7-3-4-8-20)28-19-9-10-22(26-17-19)34-14-13-31-11-5-6-12-31/h9-10,15-17,20H,3-8,11-14H2,1-2H3,(H,27,28,29). The van der Waals surface area contributed by atoms with E-state index in [-0.39, 0.29) is 11.9 Å². The second kappa shape index (κ2) is 9.97. The molecule has 2 aliphatic rings. The molecule has 1 N–H and O–H groups in total. The highest BCUT2D eigenvalue weighted by Crippen LogP contribution is 2.35. The zero-order chi connectivity index (χ0) is 23.5. The lowest BCUT2D eigenvalue weighted by atomic mass is 10.2. The number of likely N-dealkylation sites (tertiary alicyclic amines) is 1. The highest BCUT2D eigenvalue weighted by molar-refractivity contribution is 5.97. The lowest BCUT2D eigenvalue weighted by Gasteiger charge is -2.19. The Labute approximate surface area is 200 Å². The van der Waals surface area contributed by atoms with Crippen molar-refractivity contribution in [2.24, 2.45) is 0 Å². The number of ether oxygens (including phenoxy) is 1. The summed E-state index contributed by atoms with van der Waals surface area (Å²) in [7, 11) is 3.56. The zero-order valence-corrected chi connectivity index (χ0v) is 20.0.